The third-order valence-electron chi connectivity index (χ3n) is 4.93. The summed E-state index contributed by atoms with van der Waals surface area (Å²) in [6.45, 7) is 2.14. The number of nitrogens with zero attached hydrogens (tertiary/aromatic N) is 1. The Kier molecular flexibility index (Phi) is 4.24. The molecule has 4 N–H and O–H groups in total. The Bertz CT molecular complexity index is 1020. The smallest absolute Gasteiger partial charge is 0.212 e. The van der Waals surface area contributed by atoms with Gasteiger partial charge in [-0.3, -0.25) is 4.79 Å². The quantitative estimate of drug-likeness (QED) is 0.659. The number of rotatable bonds is 2. The van der Waals surface area contributed by atoms with Gasteiger partial charge in [0.25, 0.3) is 0 Å². The number of anilines is 3. The zero-order valence-corrected chi connectivity index (χ0v) is 15.1. The first-order valence-corrected chi connectivity index (χ1v) is 9.09. The van der Waals surface area contributed by atoms with E-state index in [0.717, 1.165) is 24.3 Å². The van der Waals surface area contributed by atoms with Crippen LogP contribution in [0.1, 0.15) is 19.3 Å². The molecule has 26 heavy (non-hydrogen) atoms. The van der Waals surface area contributed by atoms with Crippen molar-refractivity contribution in [3.05, 3.63) is 51.6 Å². The van der Waals surface area contributed by atoms with E-state index in [-0.39, 0.29) is 21.7 Å². The minimum Gasteiger partial charge on any atom is -0.452 e. The fraction of sp³-hybridized carbons (Fsp3) is 0.250. The number of benzene rings is 2. The molecule has 0 bridgehead atoms. The molecule has 2 heterocycles. The van der Waals surface area contributed by atoms with E-state index in [0.29, 0.717) is 16.8 Å². The molecule has 5 nitrogen and oxygen atoms in total. The second-order valence-electron chi connectivity index (χ2n) is 6.61. The molecule has 1 aliphatic heterocycles. The lowest BCUT2D eigenvalue weighted by Crippen LogP contribution is -2.29. The maximum Gasteiger partial charge on any atom is 0.212 e. The highest BCUT2D eigenvalue weighted by molar-refractivity contribution is 6.33. The number of hydrogen-bond donors (Lipinski definition) is 2. The van der Waals surface area contributed by atoms with Crippen LogP contribution in [0.5, 0.6) is 0 Å². The maximum atomic E-state index is 12.6. The summed E-state index contributed by atoms with van der Waals surface area (Å²) in [7, 11) is 0. The van der Waals surface area contributed by atoms with Crippen molar-refractivity contribution in [1.29, 1.82) is 0 Å². The minimum absolute atomic E-state index is 0.0485. The van der Waals surface area contributed by atoms with Gasteiger partial charge in [0.05, 0.1) is 16.8 Å². The topological polar surface area (TPSA) is 85.5 Å². The van der Waals surface area contributed by atoms with Gasteiger partial charge in [0.1, 0.15) is 5.02 Å². The molecule has 1 aromatic heterocycles. The van der Waals surface area contributed by atoms with Crippen LogP contribution in [0.15, 0.2) is 45.6 Å². The van der Waals surface area contributed by atoms with Gasteiger partial charge in [-0.15, -0.1) is 0 Å². The summed E-state index contributed by atoms with van der Waals surface area (Å²) in [5.74, 6) is 0.312. The Morgan fingerprint density at radius 2 is 1.65 bits per heavy atom. The van der Waals surface area contributed by atoms with Crippen LogP contribution in [-0.4, -0.2) is 13.1 Å². The summed E-state index contributed by atoms with van der Waals surface area (Å²) in [5, 5.41) is 0.378. The van der Waals surface area contributed by atoms with Crippen LogP contribution in [0.25, 0.3) is 22.3 Å². The van der Waals surface area contributed by atoms with E-state index in [1.807, 2.05) is 24.3 Å². The van der Waals surface area contributed by atoms with Crippen molar-refractivity contribution in [3.63, 3.8) is 0 Å². The van der Waals surface area contributed by atoms with Gasteiger partial charge < -0.3 is 20.8 Å². The molecule has 0 amide bonds. The second kappa shape index (κ2) is 6.57. The monoisotopic (exact) mass is 369 g/mol. The van der Waals surface area contributed by atoms with E-state index in [9.17, 15) is 4.79 Å². The van der Waals surface area contributed by atoms with Gasteiger partial charge in [-0.05, 0) is 55.7 Å². The predicted octanol–water partition coefficient (Wildman–Crippen LogP) is 4.27. The van der Waals surface area contributed by atoms with E-state index < -0.39 is 0 Å². The van der Waals surface area contributed by atoms with E-state index >= 15 is 0 Å². The van der Waals surface area contributed by atoms with Gasteiger partial charge in [0, 0.05) is 24.3 Å². The van der Waals surface area contributed by atoms with Gasteiger partial charge in [0.2, 0.25) is 5.43 Å². The van der Waals surface area contributed by atoms with Crippen LogP contribution in [0.2, 0.25) is 5.02 Å². The van der Waals surface area contributed by atoms with Gasteiger partial charge in [-0.1, -0.05) is 11.6 Å². The summed E-state index contributed by atoms with van der Waals surface area (Å²) in [4.78, 5) is 15.0. The van der Waals surface area contributed by atoms with Crippen molar-refractivity contribution in [2.24, 2.45) is 0 Å². The van der Waals surface area contributed by atoms with Gasteiger partial charge in [-0.2, -0.15) is 0 Å². The average Bonchev–Trinajstić information content (AvgIpc) is 2.68. The SMILES string of the molecule is Nc1ccc2c(=O)c(Cl)c(-c3ccc(N4CCCCC4)cc3)oc2c1N. The fourth-order valence-electron chi connectivity index (χ4n) is 3.43. The first-order valence-electron chi connectivity index (χ1n) is 8.72. The van der Waals surface area contributed by atoms with Crippen LogP contribution in [0.3, 0.4) is 0 Å². The number of piperidine rings is 1. The van der Waals surface area contributed by atoms with Gasteiger partial charge >= 0.3 is 0 Å². The molecule has 1 saturated heterocycles. The molecule has 1 fully saturated rings. The van der Waals surface area contributed by atoms with Crippen LogP contribution < -0.4 is 21.8 Å². The van der Waals surface area contributed by atoms with E-state index in [2.05, 4.69) is 4.90 Å². The molecule has 0 unspecified atom stereocenters. The fourth-order valence-corrected chi connectivity index (χ4v) is 3.68. The first-order chi connectivity index (χ1) is 12.6. The molecule has 0 atom stereocenters. The largest absolute Gasteiger partial charge is 0.452 e. The van der Waals surface area contributed by atoms with Crippen LogP contribution >= 0.6 is 11.6 Å². The van der Waals surface area contributed by atoms with E-state index in [4.69, 9.17) is 27.5 Å². The third-order valence-corrected chi connectivity index (χ3v) is 5.27. The third kappa shape index (κ3) is 2.78. The molecule has 6 heteroatoms. The summed E-state index contributed by atoms with van der Waals surface area (Å²) in [6.07, 6.45) is 3.72. The highest BCUT2D eigenvalue weighted by Crippen LogP contribution is 2.34. The molecule has 2 aromatic carbocycles. The zero-order chi connectivity index (χ0) is 18.3. The standard InChI is InChI=1S/C20H20ClN3O2/c21-16-18(25)14-8-9-15(22)17(23)20(14)26-19(16)12-4-6-13(7-5-12)24-10-2-1-3-11-24/h4-9H,1-3,10-11,22-23H2. The minimum atomic E-state index is -0.310. The Labute approximate surface area is 156 Å². The van der Waals surface area contributed by atoms with Crippen molar-refractivity contribution >= 4 is 39.6 Å². The van der Waals surface area contributed by atoms with Crippen molar-refractivity contribution in [2.75, 3.05) is 29.5 Å². The lowest BCUT2D eigenvalue weighted by Gasteiger charge is -2.28. The summed E-state index contributed by atoms with van der Waals surface area (Å²) < 4.78 is 5.91. The number of nitrogen functional groups attached to an aromatic ring is 2. The molecule has 0 spiro atoms. The summed E-state index contributed by atoms with van der Waals surface area (Å²) in [6, 6.07) is 11.1. The van der Waals surface area contributed by atoms with Gasteiger partial charge in [0.15, 0.2) is 11.3 Å². The van der Waals surface area contributed by atoms with Crippen molar-refractivity contribution in [1.82, 2.24) is 0 Å². The predicted molar refractivity (Wildman–Crippen MR) is 108 cm³/mol. The van der Waals surface area contributed by atoms with E-state index in [1.165, 1.54) is 19.3 Å². The van der Waals surface area contributed by atoms with Crippen LogP contribution in [-0.2, 0) is 0 Å². The molecule has 134 valence electrons. The Morgan fingerprint density at radius 1 is 0.962 bits per heavy atom. The van der Waals surface area contributed by atoms with E-state index in [1.54, 1.807) is 12.1 Å². The normalized spacial score (nSPS) is 14.7. The molecule has 0 aliphatic carbocycles. The maximum absolute atomic E-state index is 12.6. The number of halogens is 1. The van der Waals surface area contributed by atoms with Crippen LogP contribution in [0, 0.1) is 0 Å². The van der Waals surface area contributed by atoms with Crippen molar-refractivity contribution < 1.29 is 4.42 Å². The average molecular weight is 370 g/mol. The molecular formula is C20H20ClN3O2. The lowest BCUT2D eigenvalue weighted by atomic mass is 10.1. The van der Waals surface area contributed by atoms with Crippen molar-refractivity contribution in [3.8, 4) is 11.3 Å². The van der Waals surface area contributed by atoms with Crippen LogP contribution in [0.4, 0.5) is 17.1 Å². The molecule has 1 aliphatic rings. The number of fused-ring (bicyclic) bond motifs is 1. The first kappa shape index (κ1) is 16.8. The molecule has 0 saturated carbocycles. The molecule has 0 radical (unpaired) electrons. The summed E-state index contributed by atoms with van der Waals surface area (Å²) in [5.41, 5.74) is 14.3. The molecular weight excluding hydrogens is 350 g/mol. The highest BCUT2D eigenvalue weighted by atomic mass is 35.5. The number of nitrogens with two attached hydrogens (primary N) is 2. The number of hydrogen-bond acceptors (Lipinski definition) is 5. The Hall–Kier alpha value is -2.66. The zero-order valence-electron chi connectivity index (χ0n) is 14.3. The van der Waals surface area contributed by atoms with Crippen molar-refractivity contribution in [2.45, 2.75) is 19.3 Å². The second-order valence-corrected chi connectivity index (χ2v) is 6.99. The Balaban J connectivity index is 1.80. The Morgan fingerprint density at radius 3 is 2.35 bits per heavy atom. The summed E-state index contributed by atoms with van der Waals surface area (Å²) >= 11 is 6.30. The van der Waals surface area contributed by atoms with Gasteiger partial charge in [-0.25, -0.2) is 0 Å². The molecule has 3 aromatic rings. The highest BCUT2D eigenvalue weighted by Gasteiger charge is 2.18. The molecule has 4 rings (SSSR count). The lowest BCUT2D eigenvalue weighted by molar-refractivity contribution is 0.578.